The molecule has 7 heteroatoms. The number of amides is 2. The van der Waals surface area contributed by atoms with Crippen molar-refractivity contribution in [1.82, 2.24) is 5.32 Å². The van der Waals surface area contributed by atoms with Crippen LogP contribution in [0.1, 0.15) is 35.3 Å². The summed E-state index contributed by atoms with van der Waals surface area (Å²) >= 11 is 0. The Morgan fingerprint density at radius 1 is 0.963 bits per heavy atom. The van der Waals surface area contributed by atoms with E-state index in [1.54, 1.807) is 13.8 Å². The summed E-state index contributed by atoms with van der Waals surface area (Å²) in [6.45, 7) is 6.82. The maximum Gasteiger partial charge on any atom is 0.251 e. The molecule has 2 amide bonds. The highest BCUT2D eigenvalue weighted by atomic mass is 32.2. The number of carbonyl (C=O) groups is 2. The molecule has 0 bridgehead atoms. The summed E-state index contributed by atoms with van der Waals surface area (Å²) in [6.07, 6.45) is 0. The Balaban J connectivity index is 1.98. The number of sulfone groups is 1. The summed E-state index contributed by atoms with van der Waals surface area (Å²) in [4.78, 5) is 24.5. The van der Waals surface area contributed by atoms with Gasteiger partial charge in [0, 0.05) is 11.3 Å². The van der Waals surface area contributed by atoms with E-state index in [0.717, 1.165) is 16.8 Å². The molecule has 144 valence electrons. The van der Waals surface area contributed by atoms with Crippen LogP contribution in [0.2, 0.25) is 0 Å². The number of nitrogens with one attached hydrogen (secondary N) is 2. The summed E-state index contributed by atoms with van der Waals surface area (Å²) in [6, 6.07) is 11.4. The van der Waals surface area contributed by atoms with Crippen molar-refractivity contribution in [3.63, 3.8) is 0 Å². The highest BCUT2D eigenvalue weighted by molar-refractivity contribution is 7.92. The molecule has 0 unspecified atom stereocenters. The third kappa shape index (κ3) is 4.95. The Morgan fingerprint density at radius 3 is 2.04 bits per heavy atom. The molecule has 0 saturated carbocycles. The van der Waals surface area contributed by atoms with Crippen LogP contribution in [0.25, 0.3) is 0 Å². The molecule has 2 aromatic rings. The van der Waals surface area contributed by atoms with Gasteiger partial charge in [0.25, 0.3) is 5.91 Å². The molecule has 0 aliphatic heterocycles. The first-order valence-corrected chi connectivity index (χ1v) is 10.2. The van der Waals surface area contributed by atoms with E-state index in [1.807, 2.05) is 32.0 Å². The van der Waals surface area contributed by atoms with Crippen molar-refractivity contribution in [2.24, 2.45) is 0 Å². The molecule has 27 heavy (non-hydrogen) atoms. The van der Waals surface area contributed by atoms with Crippen molar-refractivity contribution >= 4 is 27.3 Å². The molecule has 0 radical (unpaired) electrons. The third-order valence-corrected chi connectivity index (χ3v) is 6.39. The molecule has 0 heterocycles. The fourth-order valence-electron chi connectivity index (χ4n) is 2.53. The summed E-state index contributed by atoms with van der Waals surface area (Å²) < 4.78 is 24.2. The molecule has 6 nitrogen and oxygen atoms in total. The van der Waals surface area contributed by atoms with Gasteiger partial charge in [-0.05, 0) is 63.1 Å². The summed E-state index contributed by atoms with van der Waals surface area (Å²) in [5.74, 6) is -0.778. The first kappa shape index (κ1) is 20.6. The van der Waals surface area contributed by atoms with Gasteiger partial charge in [-0.25, -0.2) is 8.42 Å². The van der Waals surface area contributed by atoms with E-state index in [0.29, 0.717) is 0 Å². The fraction of sp³-hybridized carbons (Fsp3) is 0.300. The highest BCUT2D eigenvalue weighted by Crippen LogP contribution is 2.19. The molecule has 0 fully saturated rings. The van der Waals surface area contributed by atoms with Gasteiger partial charge in [0.05, 0.1) is 16.7 Å². The molecular weight excluding hydrogens is 364 g/mol. The topological polar surface area (TPSA) is 92.3 Å². The van der Waals surface area contributed by atoms with Gasteiger partial charge < -0.3 is 10.6 Å². The smallest absolute Gasteiger partial charge is 0.251 e. The minimum absolute atomic E-state index is 0.168. The number of hydrogen-bond donors (Lipinski definition) is 2. The van der Waals surface area contributed by atoms with Gasteiger partial charge in [0.1, 0.15) is 0 Å². The van der Waals surface area contributed by atoms with Crippen molar-refractivity contribution in [3.8, 4) is 0 Å². The number of rotatable bonds is 6. The molecule has 0 saturated heterocycles. The zero-order valence-corrected chi connectivity index (χ0v) is 16.7. The highest BCUT2D eigenvalue weighted by Gasteiger charge is 2.19. The largest absolute Gasteiger partial charge is 0.343 e. The summed E-state index contributed by atoms with van der Waals surface area (Å²) in [5, 5.41) is 4.80. The Hall–Kier alpha value is -2.67. The van der Waals surface area contributed by atoms with E-state index in [1.165, 1.54) is 24.3 Å². The Morgan fingerprint density at radius 2 is 1.52 bits per heavy atom. The molecule has 0 atom stereocenters. The van der Waals surface area contributed by atoms with Crippen LogP contribution in [0.3, 0.4) is 0 Å². The molecule has 2 aromatic carbocycles. The van der Waals surface area contributed by atoms with E-state index < -0.39 is 21.0 Å². The average molecular weight is 388 g/mol. The number of para-hydroxylation sites is 1. The van der Waals surface area contributed by atoms with E-state index in [4.69, 9.17) is 0 Å². The van der Waals surface area contributed by atoms with Crippen LogP contribution < -0.4 is 10.6 Å². The number of carbonyl (C=O) groups excluding carboxylic acids is 2. The van der Waals surface area contributed by atoms with Crippen molar-refractivity contribution in [3.05, 3.63) is 59.2 Å². The fourth-order valence-corrected chi connectivity index (χ4v) is 3.59. The number of benzene rings is 2. The predicted molar refractivity (Wildman–Crippen MR) is 106 cm³/mol. The zero-order chi connectivity index (χ0) is 20.2. The average Bonchev–Trinajstić information content (AvgIpc) is 2.63. The minimum atomic E-state index is -3.38. The van der Waals surface area contributed by atoms with Crippen molar-refractivity contribution in [2.75, 3.05) is 11.9 Å². The lowest BCUT2D eigenvalue weighted by Gasteiger charge is -2.12. The second kappa shape index (κ2) is 8.35. The van der Waals surface area contributed by atoms with Crippen LogP contribution in [0.5, 0.6) is 0 Å². The number of anilines is 1. The molecule has 0 aliphatic carbocycles. The maximum absolute atomic E-state index is 12.2. The lowest BCUT2D eigenvalue weighted by Crippen LogP contribution is -2.33. The molecular formula is C20H24N2O4S. The third-order valence-electron chi connectivity index (χ3n) is 4.22. The molecule has 2 rings (SSSR count). The van der Waals surface area contributed by atoms with Crippen LogP contribution in [-0.4, -0.2) is 32.0 Å². The summed E-state index contributed by atoms with van der Waals surface area (Å²) in [5.41, 5.74) is 2.91. The van der Waals surface area contributed by atoms with Gasteiger partial charge in [-0.3, -0.25) is 9.59 Å². The van der Waals surface area contributed by atoms with Crippen molar-refractivity contribution in [1.29, 1.82) is 0 Å². The van der Waals surface area contributed by atoms with Crippen LogP contribution in [0.15, 0.2) is 47.4 Å². The van der Waals surface area contributed by atoms with E-state index in [9.17, 15) is 18.0 Å². The van der Waals surface area contributed by atoms with Crippen molar-refractivity contribution < 1.29 is 18.0 Å². The van der Waals surface area contributed by atoms with Crippen LogP contribution in [0, 0.1) is 13.8 Å². The van der Waals surface area contributed by atoms with Gasteiger partial charge >= 0.3 is 0 Å². The lowest BCUT2D eigenvalue weighted by molar-refractivity contribution is -0.115. The first-order valence-electron chi connectivity index (χ1n) is 8.61. The van der Waals surface area contributed by atoms with Crippen LogP contribution in [-0.2, 0) is 14.6 Å². The van der Waals surface area contributed by atoms with E-state index >= 15 is 0 Å². The van der Waals surface area contributed by atoms with Gasteiger partial charge in [-0.2, -0.15) is 0 Å². The second-order valence-corrected chi connectivity index (χ2v) is 9.12. The zero-order valence-electron chi connectivity index (χ0n) is 15.9. The number of hydrogen-bond acceptors (Lipinski definition) is 4. The SMILES string of the molecule is Cc1cccc(C)c1NC(=O)CNC(=O)c1ccc(S(=O)(=O)C(C)C)cc1. The van der Waals surface area contributed by atoms with E-state index in [-0.39, 0.29) is 22.9 Å². The second-order valence-electron chi connectivity index (χ2n) is 6.62. The monoisotopic (exact) mass is 388 g/mol. The molecule has 0 aromatic heterocycles. The first-order chi connectivity index (χ1) is 12.6. The maximum atomic E-state index is 12.2. The van der Waals surface area contributed by atoms with E-state index in [2.05, 4.69) is 10.6 Å². The van der Waals surface area contributed by atoms with Gasteiger partial charge in [0.15, 0.2) is 9.84 Å². The van der Waals surface area contributed by atoms with Crippen LogP contribution in [0.4, 0.5) is 5.69 Å². The predicted octanol–water partition coefficient (Wildman–Crippen LogP) is 2.85. The summed E-state index contributed by atoms with van der Waals surface area (Å²) in [7, 11) is -3.38. The lowest BCUT2D eigenvalue weighted by atomic mass is 10.1. The van der Waals surface area contributed by atoms with Gasteiger partial charge in [-0.15, -0.1) is 0 Å². The van der Waals surface area contributed by atoms with Gasteiger partial charge in [0.2, 0.25) is 5.91 Å². The van der Waals surface area contributed by atoms with Crippen LogP contribution >= 0.6 is 0 Å². The normalized spacial score (nSPS) is 11.3. The van der Waals surface area contributed by atoms with Crippen molar-refractivity contribution in [2.45, 2.75) is 37.8 Å². The standard InChI is InChI=1S/C20H24N2O4S/c1-13(2)27(25,26)17-10-8-16(9-11-17)20(24)21-12-18(23)22-19-14(3)6-5-7-15(19)4/h5-11,13H,12H2,1-4H3,(H,21,24)(H,22,23). The molecule has 2 N–H and O–H groups in total. The Kier molecular flexibility index (Phi) is 6.38. The molecule has 0 spiro atoms. The molecule has 0 aliphatic rings. The Bertz CT molecular complexity index is 928. The Labute approximate surface area is 159 Å². The quantitative estimate of drug-likeness (QED) is 0.796. The van der Waals surface area contributed by atoms with Gasteiger partial charge in [-0.1, -0.05) is 18.2 Å². The number of aryl methyl sites for hydroxylation is 2. The minimum Gasteiger partial charge on any atom is -0.343 e.